The van der Waals surface area contributed by atoms with E-state index in [-0.39, 0.29) is 6.04 Å². The standard InChI is InChI=1S/C15H23ClN2/c1-11(17)8-13-6-7-14(9-15(13)16)18(2)10-12-4-3-5-12/h6-7,9,11-12H,3-5,8,10,17H2,1-2H3. The highest BCUT2D eigenvalue weighted by molar-refractivity contribution is 6.31. The van der Waals surface area contributed by atoms with E-state index < -0.39 is 0 Å². The van der Waals surface area contributed by atoms with Gasteiger partial charge in [-0.3, -0.25) is 0 Å². The van der Waals surface area contributed by atoms with Crippen molar-refractivity contribution >= 4 is 17.3 Å². The van der Waals surface area contributed by atoms with Crippen LogP contribution >= 0.6 is 11.6 Å². The number of hydrogen-bond donors (Lipinski definition) is 1. The lowest BCUT2D eigenvalue weighted by atomic mass is 9.85. The van der Waals surface area contributed by atoms with Crippen LogP contribution in [0.4, 0.5) is 5.69 Å². The van der Waals surface area contributed by atoms with Gasteiger partial charge in [-0.2, -0.15) is 0 Å². The van der Waals surface area contributed by atoms with Crippen molar-refractivity contribution < 1.29 is 0 Å². The van der Waals surface area contributed by atoms with E-state index in [4.69, 9.17) is 17.3 Å². The van der Waals surface area contributed by atoms with Crippen molar-refractivity contribution in [3.63, 3.8) is 0 Å². The van der Waals surface area contributed by atoms with Crippen molar-refractivity contribution in [3.8, 4) is 0 Å². The second kappa shape index (κ2) is 5.94. The van der Waals surface area contributed by atoms with E-state index >= 15 is 0 Å². The zero-order chi connectivity index (χ0) is 13.1. The average Bonchev–Trinajstić information content (AvgIpc) is 2.25. The van der Waals surface area contributed by atoms with Gasteiger partial charge in [0.1, 0.15) is 0 Å². The largest absolute Gasteiger partial charge is 0.374 e. The van der Waals surface area contributed by atoms with Gasteiger partial charge < -0.3 is 10.6 Å². The number of anilines is 1. The van der Waals surface area contributed by atoms with Gasteiger partial charge in [0.2, 0.25) is 0 Å². The van der Waals surface area contributed by atoms with Crippen LogP contribution in [0.25, 0.3) is 0 Å². The topological polar surface area (TPSA) is 29.3 Å². The maximum Gasteiger partial charge on any atom is 0.0459 e. The molecular formula is C15H23ClN2. The second-order valence-corrected chi connectivity index (χ2v) is 6.04. The van der Waals surface area contributed by atoms with E-state index in [2.05, 4.69) is 30.1 Å². The predicted molar refractivity (Wildman–Crippen MR) is 79.4 cm³/mol. The molecule has 0 spiro atoms. The Hall–Kier alpha value is -0.730. The summed E-state index contributed by atoms with van der Waals surface area (Å²) in [6.45, 7) is 3.15. The first-order valence-electron chi connectivity index (χ1n) is 6.81. The van der Waals surface area contributed by atoms with E-state index in [1.807, 2.05) is 6.92 Å². The fourth-order valence-corrected chi connectivity index (χ4v) is 2.71. The molecule has 18 heavy (non-hydrogen) atoms. The maximum absolute atomic E-state index is 6.32. The molecule has 3 heteroatoms. The first kappa shape index (κ1) is 13.7. The Bertz CT molecular complexity index is 399. The molecule has 0 saturated heterocycles. The van der Waals surface area contributed by atoms with Crippen molar-refractivity contribution in [1.82, 2.24) is 0 Å². The third kappa shape index (κ3) is 3.39. The lowest BCUT2D eigenvalue weighted by molar-refractivity contribution is 0.321. The minimum Gasteiger partial charge on any atom is -0.374 e. The third-order valence-corrected chi connectivity index (χ3v) is 4.13. The first-order valence-corrected chi connectivity index (χ1v) is 7.19. The highest BCUT2D eigenvalue weighted by atomic mass is 35.5. The normalized spacial score (nSPS) is 17.3. The highest BCUT2D eigenvalue weighted by Crippen LogP contribution is 2.30. The maximum atomic E-state index is 6.32. The molecule has 0 aliphatic heterocycles. The summed E-state index contributed by atoms with van der Waals surface area (Å²) in [5.41, 5.74) is 8.17. The zero-order valence-corrected chi connectivity index (χ0v) is 12.1. The number of nitrogens with zero attached hydrogens (tertiary/aromatic N) is 1. The Morgan fingerprint density at radius 1 is 1.44 bits per heavy atom. The van der Waals surface area contributed by atoms with Crippen molar-refractivity contribution in [2.75, 3.05) is 18.5 Å². The van der Waals surface area contributed by atoms with Crippen LogP contribution in [-0.4, -0.2) is 19.6 Å². The molecule has 1 fully saturated rings. The molecule has 2 nitrogen and oxygen atoms in total. The minimum absolute atomic E-state index is 0.154. The Kier molecular flexibility index (Phi) is 4.52. The molecular weight excluding hydrogens is 244 g/mol. The summed E-state index contributed by atoms with van der Waals surface area (Å²) in [5.74, 6) is 0.873. The van der Waals surface area contributed by atoms with Gasteiger partial charge in [0.05, 0.1) is 0 Å². The van der Waals surface area contributed by atoms with Gasteiger partial charge in [0, 0.05) is 30.3 Å². The average molecular weight is 267 g/mol. The number of rotatable bonds is 5. The molecule has 2 N–H and O–H groups in total. The van der Waals surface area contributed by atoms with E-state index in [0.29, 0.717) is 0 Å². The molecule has 1 atom stereocenters. The fourth-order valence-electron chi connectivity index (χ4n) is 2.45. The molecule has 0 radical (unpaired) electrons. The molecule has 1 aromatic rings. The van der Waals surface area contributed by atoms with Crippen molar-refractivity contribution in [2.24, 2.45) is 11.7 Å². The first-order chi connectivity index (χ1) is 8.56. The summed E-state index contributed by atoms with van der Waals surface area (Å²) in [4.78, 5) is 2.31. The van der Waals surface area contributed by atoms with Crippen LogP contribution in [0.3, 0.4) is 0 Å². The van der Waals surface area contributed by atoms with Crippen molar-refractivity contribution in [2.45, 2.75) is 38.6 Å². The van der Waals surface area contributed by atoms with Gasteiger partial charge in [-0.25, -0.2) is 0 Å². The molecule has 0 bridgehead atoms. The summed E-state index contributed by atoms with van der Waals surface area (Å²) in [7, 11) is 2.15. The van der Waals surface area contributed by atoms with Crippen LogP contribution in [0.1, 0.15) is 31.7 Å². The Morgan fingerprint density at radius 3 is 2.67 bits per heavy atom. The Labute approximate surface area is 115 Å². The number of halogens is 1. The number of hydrogen-bond acceptors (Lipinski definition) is 2. The van der Waals surface area contributed by atoms with Gasteiger partial charge >= 0.3 is 0 Å². The Morgan fingerprint density at radius 2 is 2.17 bits per heavy atom. The zero-order valence-electron chi connectivity index (χ0n) is 11.3. The predicted octanol–water partition coefficient (Wildman–Crippen LogP) is 3.47. The molecule has 1 unspecified atom stereocenters. The molecule has 2 rings (SSSR count). The van der Waals surface area contributed by atoms with Gasteiger partial charge in [-0.05, 0) is 49.8 Å². The van der Waals surface area contributed by atoms with Crippen molar-refractivity contribution in [3.05, 3.63) is 28.8 Å². The van der Waals surface area contributed by atoms with Crippen LogP contribution in [0.15, 0.2) is 18.2 Å². The monoisotopic (exact) mass is 266 g/mol. The lowest BCUT2D eigenvalue weighted by Crippen LogP contribution is -2.29. The van der Waals surface area contributed by atoms with Crippen LogP contribution in [0.5, 0.6) is 0 Å². The fraction of sp³-hybridized carbons (Fsp3) is 0.600. The molecule has 1 saturated carbocycles. The van der Waals surface area contributed by atoms with Gasteiger partial charge in [0.25, 0.3) is 0 Å². The molecule has 0 aromatic heterocycles. The smallest absolute Gasteiger partial charge is 0.0459 e. The number of nitrogens with two attached hydrogens (primary N) is 1. The van der Waals surface area contributed by atoms with E-state index in [0.717, 1.165) is 29.5 Å². The van der Waals surface area contributed by atoms with Crippen molar-refractivity contribution in [1.29, 1.82) is 0 Å². The summed E-state index contributed by atoms with van der Waals surface area (Å²) in [6.07, 6.45) is 4.99. The molecule has 0 amide bonds. The van der Waals surface area contributed by atoms with Gasteiger partial charge in [-0.1, -0.05) is 24.1 Å². The van der Waals surface area contributed by atoms with Crippen LogP contribution in [0, 0.1) is 5.92 Å². The van der Waals surface area contributed by atoms with E-state index in [1.165, 1.54) is 24.9 Å². The minimum atomic E-state index is 0.154. The molecule has 0 heterocycles. The molecule has 1 aliphatic carbocycles. The van der Waals surface area contributed by atoms with Gasteiger partial charge in [0.15, 0.2) is 0 Å². The summed E-state index contributed by atoms with van der Waals surface area (Å²) in [6, 6.07) is 6.49. The van der Waals surface area contributed by atoms with Gasteiger partial charge in [-0.15, -0.1) is 0 Å². The van der Waals surface area contributed by atoms with Crippen LogP contribution in [-0.2, 0) is 6.42 Å². The molecule has 100 valence electrons. The molecule has 1 aliphatic rings. The lowest BCUT2D eigenvalue weighted by Gasteiger charge is -2.31. The highest BCUT2D eigenvalue weighted by Gasteiger charge is 2.19. The third-order valence-electron chi connectivity index (χ3n) is 3.78. The summed E-state index contributed by atoms with van der Waals surface area (Å²) >= 11 is 6.32. The molecule has 1 aromatic carbocycles. The van der Waals surface area contributed by atoms with Crippen LogP contribution in [0.2, 0.25) is 5.02 Å². The van der Waals surface area contributed by atoms with Crippen LogP contribution < -0.4 is 10.6 Å². The summed E-state index contributed by atoms with van der Waals surface area (Å²) in [5, 5.41) is 0.838. The number of benzene rings is 1. The Balaban J connectivity index is 2.02. The second-order valence-electron chi connectivity index (χ2n) is 5.63. The van der Waals surface area contributed by atoms with E-state index in [1.54, 1.807) is 0 Å². The van der Waals surface area contributed by atoms with E-state index in [9.17, 15) is 0 Å². The quantitative estimate of drug-likeness (QED) is 0.884. The summed E-state index contributed by atoms with van der Waals surface area (Å²) < 4.78 is 0. The SMILES string of the molecule is CC(N)Cc1ccc(N(C)CC2CCC2)cc1Cl.